The lowest BCUT2D eigenvalue weighted by Gasteiger charge is -2.11. The number of nitrogens with zero attached hydrogens (tertiary/aromatic N) is 3. The average Bonchev–Trinajstić information content (AvgIpc) is 3.22. The molecule has 0 aliphatic carbocycles. The Kier molecular flexibility index (Phi) is 5.99. The van der Waals surface area contributed by atoms with Crippen molar-refractivity contribution in [2.75, 3.05) is 18.9 Å². The van der Waals surface area contributed by atoms with Crippen LogP contribution in [-0.4, -0.2) is 42.2 Å². The molecule has 0 bridgehead atoms. The van der Waals surface area contributed by atoms with Crippen LogP contribution in [0.1, 0.15) is 23.4 Å². The number of rotatable bonds is 4. The molecule has 150 valence electrons. The highest BCUT2D eigenvalue weighted by Gasteiger charge is 2.20. The summed E-state index contributed by atoms with van der Waals surface area (Å²) in [6.07, 6.45) is 4.06. The summed E-state index contributed by atoms with van der Waals surface area (Å²) in [5.74, 6) is -1.14. The Bertz CT molecular complexity index is 1010. The van der Waals surface area contributed by atoms with Crippen LogP contribution < -0.4 is 21.8 Å². The molecule has 1 atom stereocenters. The van der Waals surface area contributed by atoms with Crippen molar-refractivity contribution in [3.63, 3.8) is 0 Å². The first-order valence-electron chi connectivity index (χ1n) is 9.12. The summed E-state index contributed by atoms with van der Waals surface area (Å²) < 4.78 is 6.58. The van der Waals surface area contributed by atoms with Gasteiger partial charge in [0, 0.05) is 35.7 Å². The molecule has 0 aromatic carbocycles. The van der Waals surface area contributed by atoms with Crippen LogP contribution in [0.4, 0.5) is 5.82 Å². The van der Waals surface area contributed by atoms with E-state index in [2.05, 4.69) is 9.98 Å². The molecule has 2 aromatic heterocycles. The van der Waals surface area contributed by atoms with Gasteiger partial charge in [0.15, 0.2) is 0 Å². The third-order valence-corrected chi connectivity index (χ3v) is 4.54. The molecule has 0 unspecified atom stereocenters. The number of allylic oxidation sites excluding steroid dienone is 1. The molecule has 1 amide bonds. The van der Waals surface area contributed by atoms with Crippen molar-refractivity contribution in [2.45, 2.75) is 19.4 Å². The SMILES string of the molecule is Cc1cccc(C(N)=C(C=N[C@H]2CCOC2)c2ccc(N)[n+](C(=N)C(N)=O)c2)n1. The van der Waals surface area contributed by atoms with Crippen LogP contribution in [-0.2, 0) is 9.53 Å². The zero-order chi connectivity index (χ0) is 21.0. The minimum atomic E-state index is -0.894. The van der Waals surface area contributed by atoms with E-state index < -0.39 is 11.7 Å². The monoisotopic (exact) mass is 394 g/mol. The van der Waals surface area contributed by atoms with Crippen LogP contribution in [0, 0.1) is 12.3 Å². The summed E-state index contributed by atoms with van der Waals surface area (Å²) in [7, 11) is 0. The number of amides is 1. The molecule has 9 heteroatoms. The van der Waals surface area contributed by atoms with Gasteiger partial charge in [-0.05, 0) is 31.5 Å². The van der Waals surface area contributed by atoms with Gasteiger partial charge in [0.25, 0.3) is 0 Å². The minimum absolute atomic E-state index is 0.0492. The van der Waals surface area contributed by atoms with Gasteiger partial charge in [-0.15, -0.1) is 0 Å². The fourth-order valence-electron chi connectivity index (χ4n) is 2.93. The molecule has 0 radical (unpaired) electrons. The number of ether oxygens (including phenoxy) is 1. The van der Waals surface area contributed by atoms with Crippen molar-refractivity contribution in [3.8, 4) is 0 Å². The van der Waals surface area contributed by atoms with Crippen LogP contribution in [0.3, 0.4) is 0 Å². The van der Waals surface area contributed by atoms with E-state index in [0.717, 1.165) is 12.1 Å². The van der Waals surface area contributed by atoms with Gasteiger partial charge in [0.2, 0.25) is 5.82 Å². The Balaban J connectivity index is 2.12. The molecule has 2 aromatic rings. The smallest absolute Gasteiger partial charge is 0.325 e. The quantitative estimate of drug-likeness (QED) is 0.332. The summed E-state index contributed by atoms with van der Waals surface area (Å²) >= 11 is 0. The summed E-state index contributed by atoms with van der Waals surface area (Å²) in [5, 5.41) is 7.90. The van der Waals surface area contributed by atoms with E-state index in [1.807, 2.05) is 25.1 Å². The lowest BCUT2D eigenvalue weighted by Crippen LogP contribution is -2.51. The predicted octanol–water partition coefficient (Wildman–Crippen LogP) is 0.257. The van der Waals surface area contributed by atoms with Gasteiger partial charge in [-0.1, -0.05) is 6.07 Å². The zero-order valence-corrected chi connectivity index (χ0v) is 16.1. The number of carbonyl (C=O) groups is 1. The molecule has 1 fully saturated rings. The van der Waals surface area contributed by atoms with Crippen molar-refractivity contribution < 1.29 is 14.1 Å². The Hall–Kier alpha value is -3.59. The van der Waals surface area contributed by atoms with E-state index in [-0.39, 0.29) is 11.9 Å². The minimum Gasteiger partial charge on any atom is -0.396 e. The fourth-order valence-corrected chi connectivity index (χ4v) is 2.93. The lowest BCUT2D eigenvalue weighted by atomic mass is 10.0. The van der Waals surface area contributed by atoms with Gasteiger partial charge in [-0.2, -0.15) is 9.98 Å². The topological polar surface area (TPSA) is 157 Å². The number of aromatic nitrogens is 2. The standard InChI is InChI=1S/C20H23N7O2/c1-12-3-2-4-16(26-12)18(22)15(9-25-14-7-8-29-11-14)13-5-6-17(21)27(10-13)19(23)20(24)28/h2-6,9-10,14,21,23H,7-8,11H2,1H3,(H4,22,24,25,28)/p+1/t14-/m0/s1. The first-order chi connectivity index (χ1) is 13.9. The van der Waals surface area contributed by atoms with Crippen LogP contribution in [0.5, 0.6) is 0 Å². The molecular weight excluding hydrogens is 370 g/mol. The molecule has 0 spiro atoms. The van der Waals surface area contributed by atoms with Crippen molar-refractivity contribution in [2.24, 2.45) is 16.5 Å². The van der Waals surface area contributed by atoms with Crippen LogP contribution in [0.2, 0.25) is 0 Å². The number of aliphatic imine (C=N–C) groups is 1. The largest absolute Gasteiger partial charge is 0.396 e. The van der Waals surface area contributed by atoms with Gasteiger partial charge in [-0.25, -0.2) is 0 Å². The highest BCUT2D eigenvalue weighted by molar-refractivity contribution is 6.32. The number of nitrogen functional groups attached to an aromatic ring is 1. The van der Waals surface area contributed by atoms with Crippen LogP contribution in [0.15, 0.2) is 41.5 Å². The number of nitrogens with one attached hydrogen (secondary N) is 1. The Labute approximate surface area is 168 Å². The molecule has 0 saturated carbocycles. The highest BCUT2D eigenvalue weighted by atomic mass is 16.5. The molecule has 3 heterocycles. The number of anilines is 1. The summed E-state index contributed by atoms with van der Waals surface area (Å²) in [6, 6.07) is 8.94. The molecule has 29 heavy (non-hydrogen) atoms. The van der Waals surface area contributed by atoms with Gasteiger partial charge >= 0.3 is 11.7 Å². The second-order valence-corrected chi connectivity index (χ2v) is 6.71. The Morgan fingerprint density at radius 2 is 2.14 bits per heavy atom. The molecule has 1 saturated heterocycles. The van der Waals surface area contributed by atoms with E-state index in [1.54, 1.807) is 18.3 Å². The normalized spacial score (nSPS) is 17.3. The Morgan fingerprint density at radius 3 is 2.79 bits per heavy atom. The first-order valence-corrected chi connectivity index (χ1v) is 9.12. The number of nitrogens with two attached hydrogens (primary N) is 3. The first kappa shape index (κ1) is 20.2. The van der Waals surface area contributed by atoms with Gasteiger partial charge in [0.1, 0.15) is 0 Å². The van der Waals surface area contributed by atoms with Crippen molar-refractivity contribution in [3.05, 3.63) is 53.5 Å². The summed E-state index contributed by atoms with van der Waals surface area (Å²) in [5.41, 5.74) is 20.7. The van der Waals surface area contributed by atoms with E-state index in [4.69, 9.17) is 27.3 Å². The highest BCUT2D eigenvalue weighted by Crippen LogP contribution is 2.21. The zero-order valence-electron chi connectivity index (χ0n) is 16.1. The Morgan fingerprint density at radius 1 is 1.34 bits per heavy atom. The maximum Gasteiger partial charge on any atom is 0.325 e. The number of hydrogen-bond acceptors (Lipinski definition) is 7. The maximum atomic E-state index is 11.5. The lowest BCUT2D eigenvalue weighted by molar-refractivity contribution is -0.538. The summed E-state index contributed by atoms with van der Waals surface area (Å²) in [4.78, 5) is 20.5. The third kappa shape index (κ3) is 4.64. The van der Waals surface area contributed by atoms with E-state index >= 15 is 0 Å². The van der Waals surface area contributed by atoms with E-state index in [0.29, 0.717) is 35.7 Å². The third-order valence-electron chi connectivity index (χ3n) is 4.54. The number of hydrogen-bond donors (Lipinski definition) is 4. The second-order valence-electron chi connectivity index (χ2n) is 6.71. The van der Waals surface area contributed by atoms with Gasteiger partial charge < -0.3 is 21.9 Å². The molecule has 1 aliphatic heterocycles. The van der Waals surface area contributed by atoms with E-state index in [1.165, 1.54) is 10.8 Å². The molecule has 9 nitrogen and oxygen atoms in total. The number of carbonyl (C=O) groups excluding carboxylic acids is 1. The van der Waals surface area contributed by atoms with Crippen molar-refractivity contribution >= 4 is 35.0 Å². The fraction of sp³-hybridized carbons (Fsp3) is 0.250. The second kappa shape index (κ2) is 8.61. The van der Waals surface area contributed by atoms with Crippen molar-refractivity contribution in [1.29, 1.82) is 5.41 Å². The average molecular weight is 394 g/mol. The van der Waals surface area contributed by atoms with Gasteiger partial charge in [-0.3, -0.25) is 14.8 Å². The molecule has 7 N–H and O–H groups in total. The molecular formula is C20H24N7O2+. The number of primary amides is 1. The number of pyridine rings is 2. The van der Waals surface area contributed by atoms with E-state index in [9.17, 15) is 4.79 Å². The molecule has 1 aliphatic rings. The summed E-state index contributed by atoms with van der Waals surface area (Å²) in [6.45, 7) is 3.11. The van der Waals surface area contributed by atoms with Crippen LogP contribution >= 0.6 is 0 Å². The number of aryl methyl sites for hydroxylation is 1. The van der Waals surface area contributed by atoms with Crippen LogP contribution in [0.25, 0.3) is 11.3 Å². The molecule has 3 rings (SSSR count). The van der Waals surface area contributed by atoms with Crippen molar-refractivity contribution in [1.82, 2.24) is 4.98 Å². The predicted molar refractivity (Wildman–Crippen MR) is 111 cm³/mol. The van der Waals surface area contributed by atoms with Gasteiger partial charge in [0.05, 0.1) is 30.2 Å². The maximum absolute atomic E-state index is 11.5.